The summed E-state index contributed by atoms with van der Waals surface area (Å²) < 4.78 is 9.78. The molecule has 0 unspecified atom stereocenters. The first-order valence-corrected chi connectivity index (χ1v) is 8.15. The normalized spacial score (nSPS) is 13.6. The number of hydrogen-bond donors (Lipinski definition) is 0. The van der Waals surface area contributed by atoms with Gasteiger partial charge in [0.15, 0.2) is 0 Å². The van der Waals surface area contributed by atoms with E-state index in [1.54, 1.807) is 0 Å². The molecule has 0 amide bonds. The summed E-state index contributed by atoms with van der Waals surface area (Å²) in [7, 11) is 0. The number of unbranched alkanes of at least 4 members (excludes halogenated alkanes) is 1. The molecular weight excluding hydrogens is 350 g/mol. The van der Waals surface area contributed by atoms with Crippen molar-refractivity contribution in [2.45, 2.75) is 36.4 Å². The molecule has 0 fully saturated rings. The Labute approximate surface area is 139 Å². The minimum absolute atomic E-state index is 0.0987. The van der Waals surface area contributed by atoms with Gasteiger partial charge in [0, 0.05) is 24.6 Å². The Kier molecular flexibility index (Phi) is 12.9. The van der Waals surface area contributed by atoms with Crippen molar-refractivity contribution in [2.75, 3.05) is 25.0 Å². The molecule has 0 aromatic heterocycles. The van der Waals surface area contributed by atoms with Crippen LogP contribution in [-0.2, 0) is 19.1 Å². The molecule has 0 N–H and O–H groups in total. The second kappa shape index (κ2) is 12.8. The highest BCUT2D eigenvalue weighted by molar-refractivity contribution is 6.28. The van der Waals surface area contributed by atoms with Gasteiger partial charge in [-0.3, -0.25) is 9.59 Å². The van der Waals surface area contributed by atoms with Crippen LogP contribution in [0.25, 0.3) is 0 Å². The van der Waals surface area contributed by atoms with Crippen molar-refractivity contribution < 1.29 is 19.1 Å². The number of alkyl halides is 4. The highest BCUT2D eigenvalue weighted by Crippen LogP contribution is 2.06. The largest absolute Gasteiger partial charge is 0.464 e. The molecule has 0 aliphatic rings. The number of hydrogen-bond acceptors (Lipinski definition) is 4. The molecule has 0 rings (SSSR count). The van der Waals surface area contributed by atoms with Gasteiger partial charge in [-0.15, -0.1) is 46.4 Å². The molecule has 2 atom stereocenters. The standard InChI is InChI=1S/C12H18Cl4O4/c13-5-9(15)7-19-11(17)3-1-2-4-12(18)20-8-10(16)6-14/h9-10H,1-8H2/t9-,10-/m0/s1. The maximum atomic E-state index is 11.3. The third kappa shape index (κ3) is 11.9. The number of esters is 2. The quantitative estimate of drug-likeness (QED) is 0.319. The maximum Gasteiger partial charge on any atom is 0.305 e. The second-order valence-electron chi connectivity index (χ2n) is 4.08. The Bertz CT molecular complexity index is 261. The second-order valence-corrected chi connectivity index (χ2v) is 5.93. The summed E-state index contributed by atoms with van der Waals surface area (Å²) in [5, 5.41) is -0.748. The van der Waals surface area contributed by atoms with E-state index in [1.807, 2.05) is 0 Å². The molecule has 118 valence electrons. The molecule has 0 bridgehead atoms. The molecule has 0 aromatic carbocycles. The van der Waals surface area contributed by atoms with Gasteiger partial charge in [-0.2, -0.15) is 0 Å². The molecule has 0 aromatic rings. The summed E-state index contributed by atoms with van der Waals surface area (Å²) >= 11 is 22.3. The molecule has 0 aliphatic carbocycles. The van der Waals surface area contributed by atoms with Crippen LogP contribution >= 0.6 is 46.4 Å². The van der Waals surface area contributed by atoms with E-state index in [0.29, 0.717) is 12.8 Å². The third-order valence-corrected chi connectivity index (χ3v) is 3.82. The lowest BCUT2D eigenvalue weighted by Crippen LogP contribution is -2.16. The van der Waals surface area contributed by atoms with Crippen LogP contribution in [0.4, 0.5) is 0 Å². The number of rotatable bonds is 11. The van der Waals surface area contributed by atoms with E-state index in [-0.39, 0.29) is 60.5 Å². The molecule has 0 aliphatic heterocycles. The summed E-state index contributed by atoms with van der Waals surface area (Å²) in [4.78, 5) is 22.6. The molecular formula is C12H18Cl4O4. The number of halogens is 4. The lowest BCUT2D eigenvalue weighted by Gasteiger charge is -2.08. The van der Waals surface area contributed by atoms with Gasteiger partial charge >= 0.3 is 11.9 Å². The van der Waals surface area contributed by atoms with Crippen LogP contribution in [0.1, 0.15) is 25.7 Å². The summed E-state index contributed by atoms with van der Waals surface area (Å²) in [6, 6.07) is 0. The summed E-state index contributed by atoms with van der Waals surface area (Å²) in [6.45, 7) is 0.197. The Morgan fingerprint density at radius 2 is 1.15 bits per heavy atom. The van der Waals surface area contributed by atoms with Crippen molar-refractivity contribution in [1.82, 2.24) is 0 Å². The van der Waals surface area contributed by atoms with Gasteiger partial charge in [-0.25, -0.2) is 0 Å². The lowest BCUT2D eigenvalue weighted by atomic mass is 10.2. The van der Waals surface area contributed by atoms with Crippen LogP contribution in [0.15, 0.2) is 0 Å². The summed E-state index contributed by atoms with van der Waals surface area (Å²) in [5.74, 6) is -0.246. The molecule has 4 nitrogen and oxygen atoms in total. The van der Waals surface area contributed by atoms with Crippen molar-refractivity contribution in [1.29, 1.82) is 0 Å². The number of ether oxygens (including phenoxy) is 2. The Hall–Kier alpha value is 0.1000. The van der Waals surface area contributed by atoms with Gasteiger partial charge < -0.3 is 9.47 Å². The predicted octanol–water partition coefficient (Wildman–Crippen LogP) is 3.33. The van der Waals surface area contributed by atoms with Gasteiger partial charge in [0.25, 0.3) is 0 Å². The van der Waals surface area contributed by atoms with Crippen molar-refractivity contribution in [2.24, 2.45) is 0 Å². The lowest BCUT2D eigenvalue weighted by molar-refractivity contribution is -0.145. The van der Waals surface area contributed by atoms with E-state index in [1.165, 1.54) is 0 Å². The number of carbonyl (C=O) groups is 2. The maximum absolute atomic E-state index is 11.3. The zero-order valence-corrected chi connectivity index (χ0v) is 14.0. The van der Waals surface area contributed by atoms with E-state index in [4.69, 9.17) is 55.9 Å². The van der Waals surface area contributed by atoms with Gasteiger partial charge in [0.2, 0.25) is 0 Å². The van der Waals surface area contributed by atoms with Crippen molar-refractivity contribution in [3.8, 4) is 0 Å². The van der Waals surface area contributed by atoms with Gasteiger partial charge in [-0.05, 0) is 12.8 Å². The zero-order valence-electron chi connectivity index (χ0n) is 11.0. The van der Waals surface area contributed by atoms with Crippen LogP contribution in [0.3, 0.4) is 0 Å². The highest BCUT2D eigenvalue weighted by Gasteiger charge is 2.10. The van der Waals surface area contributed by atoms with E-state index in [0.717, 1.165) is 0 Å². The van der Waals surface area contributed by atoms with Gasteiger partial charge in [0.1, 0.15) is 13.2 Å². The Morgan fingerprint density at radius 3 is 1.45 bits per heavy atom. The summed E-state index contributed by atoms with van der Waals surface area (Å²) in [5.41, 5.74) is 0. The fourth-order valence-corrected chi connectivity index (χ4v) is 1.44. The molecule has 0 spiro atoms. The fourth-order valence-electron chi connectivity index (χ4n) is 1.14. The Balaban J connectivity index is 3.51. The predicted molar refractivity (Wildman–Crippen MR) is 81.1 cm³/mol. The highest BCUT2D eigenvalue weighted by atomic mass is 35.5. The van der Waals surface area contributed by atoms with Crippen LogP contribution < -0.4 is 0 Å². The average molecular weight is 368 g/mol. The number of carbonyl (C=O) groups excluding carboxylic acids is 2. The van der Waals surface area contributed by atoms with Crippen LogP contribution in [0, 0.1) is 0 Å². The minimum atomic E-state index is -0.374. The van der Waals surface area contributed by atoms with Gasteiger partial charge in [0.05, 0.1) is 10.8 Å². The van der Waals surface area contributed by atoms with Gasteiger partial charge in [-0.1, -0.05) is 0 Å². The molecule has 0 heterocycles. The van der Waals surface area contributed by atoms with E-state index in [2.05, 4.69) is 0 Å². The molecule has 20 heavy (non-hydrogen) atoms. The van der Waals surface area contributed by atoms with Crippen molar-refractivity contribution in [3.63, 3.8) is 0 Å². The zero-order chi connectivity index (χ0) is 15.4. The minimum Gasteiger partial charge on any atom is -0.464 e. The first-order chi connectivity index (χ1) is 9.49. The topological polar surface area (TPSA) is 52.6 Å². The van der Waals surface area contributed by atoms with E-state index in [9.17, 15) is 9.59 Å². The van der Waals surface area contributed by atoms with Crippen LogP contribution in [0.2, 0.25) is 0 Å². The monoisotopic (exact) mass is 366 g/mol. The van der Waals surface area contributed by atoms with Crippen molar-refractivity contribution >= 4 is 58.3 Å². The third-order valence-electron chi connectivity index (χ3n) is 2.20. The van der Waals surface area contributed by atoms with Crippen molar-refractivity contribution in [3.05, 3.63) is 0 Å². The Morgan fingerprint density at radius 1 is 0.800 bits per heavy atom. The smallest absolute Gasteiger partial charge is 0.305 e. The van der Waals surface area contributed by atoms with Crippen LogP contribution in [-0.4, -0.2) is 47.7 Å². The van der Waals surface area contributed by atoms with E-state index >= 15 is 0 Å². The average Bonchev–Trinajstić information content (AvgIpc) is 2.46. The molecule has 0 radical (unpaired) electrons. The summed E-state index contributed by atoms with van der Waals surface area (Å²) in [6.07, 6.45) is 1.56. The molecule has 8 heteroatoms. The first kappa shape index (κ1) is 20.1. The fraction of sp³-hybridized carbons (Fsp3) is 0.833. The first-order valence-electron chi connectivity index (χ1n) is 6.20. The van der Waals surface area contributed by atoms with E-state index < -0.39 is 0 Å². The SMILES string of the molecule is O=C(CCCCC(=O)OC[C@@H](Cl)CCl)OC[C@@H](Cl)CCl. The van der Waals surface area contributed by atoms with Crippen LogP contribution in [0.5, 0.6) is 0 Å². The molecule has 0 saturated heterocycles. The molecule has 0 saturated carbocycles.